The molecule has 0 aliphatic rings. The highest BCUT2D eigenvalue weighted by Crippen LogP contribution is 2.17. The molecule has 0 spiro atoms. The Balaban J connectivity index is 2.83. The highest BCUT2D eigenvalue weighted by molar-refractivity contribution is 7.91. The van der Waals surface area contributed by atoms with Gasteiger partial charge in [-0.05, 0) is 0 Å². The van der Waals surface area contributed by atoms with Crippen LogP contribution in [0.3, 0.4) is 0 Å². The van der Waals surface area contributed by atoms with Crippen LogP contribution in [0.15, 0.2) is 27.7 Å². The Morgan fingerprint density at radius 2 is 2.06 bits per heavy atom. The van der Waals surface area contributed by atoms with Crippen LogP contribution in [0.25, 0.3) is 0 Å². The molecule has 0 aliphatic carbocycles. The molecule has 0 amide bonds. The van der Waals surface area contributed by atoms with Gasteiger partial charge < -0.3 is 4.42 Å². The van der Waals surface area contributed by atoms with E-state index in [9.17, 15) is 26.4 Å². The van der Waals surface area contributed by atoms with Crippen molar-refractivity contribution in [2.75, 3.05) is 5.75 Å². The predicted octanol–water partition coefficient (Wildman–Crippen LogP) is 1.73. The van der Waals surface area contributed by atoms with Gasteiger partial charge in [-0.1, -0.05) is 0 Å². The van der Waals surface area contributed by atoms with Crippen LogP contribution in [0.5, 0.6) is 0 Å². The van der Waals surface area contributed by atoms with Gasteiger partial charge in [-0.15, -0.1) is 0 Å². The van der Waals surface area contributed by atoms with Crippen molar-refractivity contribution in [2.45, 2.75) is 11.6 Å². The molecule has 0 saturated carbocycles. The summed E-state index contributed by atoms with van der Waals surface area (Å²) in [5.41, 5.74) is 0. The van der Waals surface area contributed by atoms with Gasteiger partial charge in [-0.2, -0.15) is 8.78 Å². The fourth-order valence-corrected chi connectivity index (χ4v) is 1.93. The van der Waals surface area contributed by atoms with E-state index in [1.807, 2.05) is 0 Å². The molecule has 94 valence electrons. The molecule has 0 saturated heterocycles. The number of oxazole rings is 1. The van der Waals surface area contributed by atoms with Gasteiger partial charge in [0.2, 0.25) is 9.84 Å². The number of aldehydes is 1. The zero-order valence-electron chi connectivity index (χ0n) is 8.19. The SMILES string of the molecule is O=Cc1cnc(S(=O)(=O)CCC(F)=C(F)F)o1. The summed E-state index contributed by atoms with van der Waals surface area (Å²) in [6.07, 6.45) is -2.46. The van der Waals surface area contributed by atoms with E-state index in [-0.39, 0.29) is 12.0 Å². The highest BCUT2D eigenvalue weighted by atomic mass is 32.2. The zero-order valence-corrected chi connectivity index (χ0v) is 9.01. The molecule has 1 heterocycles. The summed E-state index contributed by atoms with van der Waals surface area (Å²) in [7, 11) is -4.12. The van der Waals surface area contributed by atoms with Gasteiger partial charge in [-0.3, -0.25) is 4.79 Å². The van der Waals surface area contributed by atoms with Crippen molar-refractivity contribution in [1.29, 1.82) is 0 Å². The van der Waals surface area contributed by atoms with Crippen LogP contribution in [0.1, 0.15) is 17.0 Å². The summed E-state index contributed by atoms with van der Waals surface area (Å²) < 4.78 is 63.0. The number of allylic oxidation sites excluding steroid dienone is 1. The van der Waals surface area contributed by atoms with Crippen LogP contribution in [-0.4, -0.2) is 25.4 Å². The lowest BCUT2D eigenvalue weighted by Gasteiger charge is -1.97. The van der Waals surface area contributed by atoms with Gasteiger partial charge in [0.15, 0.2) is 17.9 Å². The number of rotatable bonds is 5. The number of hydrogen-bond donors (Lipinski definition) is 0. The largest absolute Gasteiger partial charge is 0.425 e. The second kappa shape index (κ2) is 5.13. The number of sulfone groups is 1. The molecule has 0 fully saturated rings. The highest BCUT2D eigenvalue weighted by Gasteiger charge is 2.22. The zero-order chi connectivity index (χ0) is 13.1. The fraction of sp³-hybridized carbons (Fsp3) is 0.250. The monoisotopic (exact) mass is 269 g/mol. The van der Waals surface area contributed by atoms with Crippen molar-refractivity contribution in [3.8, 4) is 0 Å². The number of carbonyl (C=O) groups excluding carboxylic acids is 1. The summed E-state index contributed by atoms with van der Waals surface area (Å²) in [5, 5.41) is -0.799. The van der Waals surface area contributed by atoms with Crippen LogP contribution in [0.2, 0.25) is 0 Å². The molecular formula is C8H6F3NO4S. The van der Waals surface area contributed by atoms with Gasteiger partial charge in [0.25, 0.3) is 0 Å². The van der Waals surface area contributed by atoms with E-state index >= 15 is 0 Å². The summed E-state index contributed by atoms with van der Waals surface area (Å²) in [6, 6.07) is 0. The van der Waals surface area contributed by atoms with Crippen molar-refractivity contribution in [1.82, 2.24) is 4.98 Å². The minimum Gasteiger partial charge on any atom is -0.425 e. The lowest BCUT2D eigenvalue weighted by molar-refractivity contribution is 0.109. The minimum absolute atomic E-state index is 0.230. The third-order valence-electron chi connectivity index (χ3n) is 1.68. The first-order valence-electron chi connectivity index (χ1n) is 4.20. The summed E-state index contributed by atoms with van der Waals surface area (Å²) >= 11 is 0. The average Bonchev–Trinajstić information content (AvgIpc) is 2.75. The number of carbonyl (C=O) groups is 1. The predicted molar refractivity (Wildman–Crippen MR) is 48.9 cm³/mol. The number of nitrogens with zero attached hydrogens (tertiary/aromatic N) is 1. The summed E-state index contributed by atoms with van der Waals surface area (Å²) in [6.45, 7) is 0. The first-order chi connectivity index (χ1) is 7.86. The second-order valence-corrected chi connectivity index (χ2v) is 4.87. The first-order valence-corrected chi connectivity index (χ1v) is 5.85. The Hall–Kier alpha value is -1.64. The van der Waals surface area contributed by atoms with E-state index in [2.05, 4.69) is 9.40 Å². The van der Waals surface area contributed by atoms with E-state index in [1.54, 1.807) is 0 Å². The van der Waals surface area contributed by atoms with Crippen LogP contribution in [-0.2, 0) is 9.84 Å². The van der Waals surface area contributed by atoms with E-state index in [0.717, 1.165) is 6.20 Å². The van der Waals surface area contributed by atoms with Gasteiger partial charge in [-0.25, -0.2) is 17.8 Å². The Labute approximate surface area is 93.9 Å². The van der Waals surface area contributed by atoms with Gasteiger partial charge in [0.05, 0.1) is 11.9 Å². The molecule has 0 aromatic carbocycles. The molecule has 5 nitrogen and oxygen atoms in total. The van der Waals surface area contributed by atoms with Crippen molar-refractivity contribution in [3.63, 3.8) is 0 Å². The minimum atomic E-state index is -4.12. The molecule has 1 rings (SSSR count). The molecule has 0 unspecified atom stereocenters. The molecule has 0 aliphatic heterocycles. The third-order valence-corrected chi connectivity index (χ3v) is 3.14. The van der Waals surface area contributed by atoms with Crippen LogP contribution < -0.4 is 0 Å². The molecule has 9 heteroatoms. The molecule has 17 heavy (non-hydrogen) atoms. The van der Waals surface area contributed by atoms with Gasteiger partial charge in [0.1, 0.15) is 0 Å². The Morgan fingerprint density at radius 1 is 1.41 bits per heavy atom. The standard InChI is InChI=1S/C8H6F3NO4S/c9-6(7(10)11)1-2-17(14,15)8-12-3-5(4-13)16-8/h3-4H,1-2H2. The quantitative estimate of drug-likeness (QED) is 0.761. The van der Waals surface area contributed by atoms with Gasteiger partial charge >= 0.3 is 11.3 Å². The van der Waals surface area contributed by atoms with Crippen LogP contribution in [0, 0.1) is 0 Å². The molecular weight excluding hydrogens is 263 g/mol. The lowest BCUT2D eigenvalue weighted by Crippen LogP contribution is -2.07. The molecule has 0 radical (unpaired) electrons. The Morgan fingerprint density at radius 3 is 2.53 bits per heavy atom. The third kappa shape index (κ3) is 3.41. The lowest BCUT2D eigenvalue weighted by atomic mass is 10.4. The molecule has 0 atom stereocenters. The average molecular weight is 269 g/mol. The van der Waals surface area contributed by atoms with Crippen molar-refractivity contribution in [3.05, 3.63) is 23.9 Å². The molecule has 0 bridgehead atoms. The summed E-state index contributed by atoms with van der Waals surface area (Å²) in [5.74, 6) is -3.05. The smallest absolute Gasteiger partial charge is 0.315 e. The van der Waals surface area contributed by atoms with Crippen LogP contribution in [0.4, 0.5) is 13.2 Å². The van der Waals surface area contributed by atoms with E-state index in [1.165, 1.54) is 0 Å². The maximum absolute atomic E-state index is 12.4. The Kier molecular flexibility index (Phi) is 4.05. The maximum atomic E-state index is 12.4. The normalized spacial score (nSPS) is 11.2. The number of hydrogen-bond acceptors (Lipinski definition) is 5. The Bertz CT molecular complexity index is 545. The van der Waals surface area contributed by atoms with Crippen molar-refractivity contribution < 1.29 is 30.8 Å². The second-order valence-electron chi connectivity index (χ2n) is 2.88. The number of halogens is 3. The first kappa shape index (κ1) is 13.4. The van der Waals surface area contributed by atoms with Crippen molar-refractivity contribution >= 4 is 16.1 Å². The van der Waals surface area contributed by atoms with E-state index in [4.69, 9.17) is 0 Å². The number of aromatic nitrogens is 1. The topological polar surface area (TPSA) is 77.2 Å². The molecule has 1 aromatic heterocycles. The van der Waals surface area contributed by atoms with Crippen molar-refractivity contribution in [2.24, 2.45) is 0 Å². The van der Waals surface area contributed by atoms with Gasteiger partial charge in [0, 0.05) is 6.42 Å². The molecule has 0 N–H and O–H groups in total. The van der Waals surface area contributed by atoms with E-state index < -0.39 is 39.1 Å². The maximum Gasteiger partial charge on any atom is 0.315 e. The molecule has 1 aromatic rings. The van der Waals surface area contributed by atoms with E-state index in [0.29, 0.717) is 0 Å². The summed E-state index contributed by atoms with van der Waals surface area (Å²) in [4.78, 5) is 13.5. The fourth-order valence-electron chi connectivity index (χ4n) is 0.874. The van der Waals surface area contributed by atoms with Crippen LogP contribution >= 0.6 is 0 Å².